The zero-order valence-corrected chi connectivity index (χ0v) is 10.5. The van der Waals surface area contributed by atoms with Crippen LogP contribution in [0.15, 0.2) is 6.20 Å². The van der Waals surface area contributed by atoms with Crippen LogP contribution in [0.1, 0.15) is 25.1 Å². The van der Waals surface area contributed by atoms with E-state index in [0.29, 0.717) is 19.2 Å². The molecule has 1 aliphatic heterocycles. The molecule has 0 unspecified atom stereocenters. The molecule has 0 radical (unpaired) electrons. The lowest BCUT2D eigenvalue weighted by molar-refractivity contribution is 0.109. The van der Waals surface area contributed by atoms with Gasteiger partial charge in [-0.15, -0.1) is 0 Å². The normalized spacial score (nSPS) is 14.8. The highest BCUT2D eigenvalue weighted by atomic mass is 16.5. The van der Waals surface area contributed by atoms with Gasteiger partial charge >= 0.3 is 0 Å². The van der Waals surface area contributed by atoms with E-state index < -0.39 is 0 Å². The molecule has 0 aromatic carbocycles. The number of nitrogens with zero attached hydrogens (tertiary/aromatic N) is 3. The van der Waals surface area contributed by atoms with Crippen LogP contribution in [0.3, 0.4) is 0 Å². The topological polar surface area (TPSA) is 64.3 Å². The lowest BCUT2D eigenvalue weighted by atomic mass is 10.1. The molecule has 5 heteroatoms. The number of fused-ring (bicyclic) bond motifs is 1. The van der Waals surface area contributed by atoms with Crippen LogP contribution >= 0.6 is 0 Å². The largest absolute Gasteiger partial charge is 0.376 e. The second kappa shape index (κ2) is 5.42. The standard InChI is InChI=1S/C12H20N4O/c1-9(2)16(5-4-13)12-14-7-10-8-17-6-3-11(10)15-12/h7,9H,3-6,8,13H2,1-2H3. The Kier molecular flexibility index (Phi) is 3.91. The Morgan fingerprint density at radius 1 is 1.53 bits per heavy atom. The molecule has 2 rings (SSSR count). The summed E-state index contributed by atoms with van der Waals surface area (Å²) in [5, 5.41) is 0. The molecule has 2 heterocycles. The highest BCUT2D eigenvalue weighted by Crippen LogP contribution is 2.18. The third kappa shape index (κ3) is 2.73. The Bertz CT molecular complexity index is 381. The van der Waals surface area contributed by atoms with Crippen LogP contribution in [0, 0.1) is 0 Å². The van der Waals surface area contributed by atoms with Crippen molar-refractivity contribution in [1.82, 2.24) is 9.97 Å². The Morgan fingerprint density at radius 3 is 3.06 bits per heavy atom. The molecule has 0 amide bonds. The second-order valence-electron chi connectivity index (χ2n) is 4.52. The van der Waals surface area contributed by atoms with E-state index in [9.17, 15) is 0 Å². The first-order valence-electron chi connectivity index (χ1n) is 6.11. The number of hydrogen-bond acceptors (Lipinski definition) is 5. The molecular formula is C12H20N4O. The molecule has 0 aliphatic carbocycles. The van der Waals surface area contributed by atoms with Crippen molar-refractivity contribution in [3.63, 3.8) is 0 Å². The Labute approximate surface area is 102 Å². The summed E-state index contributed by atoms with van der Waals surface area (Å²) in [5.74, 6) is 0.783. The summed E-state index contributed by atoms with van der Waals surface area (Å²) < 4.78 is 5.38. The van der Waals surface area contributed by atoms with Crippen molar-refractivity contribution in [2.24, 2.45) is 5.73 Å². The van der Waals surface area contributed by atoms with Gasteiger partial charge in [0.1, 0.15) is 0 Å². The summed E-state index contributed by atoms with van der Waals surface area (Å²) in [5.41, 5.74) is 7.85. The molecule has 0 bridgehead atoms. The maximum Gasteiger partial charge on any atom is 0.225 e. The number of rotatable bonds is 4. The molecule has 17 heavy (non-hydrogen) atoms. The van der Waals surface area contributed by atoms with Crippen molar-refractivity contribution >= 4 is 5.95 Å². The second-order valence-corrected chi connectivity index (χ2v) is 4.52. The minimum absolute atomic E-state index is 0.358. The fourth-order valence-corrected chi connectivity index (χ4v) is 1.99. The number of ether oxygens (including phenoxy) is 1. The summed E-state index contributed by atoms with van der Waals surface area (Å²) in [6.45, 7) is 7.04. The number of aromatic nitrogens is 2. The van der Waals surface area contributed by atoms with Gasteiger partial charge in [-0.1, -0.05) is 0 Å². The Hall–Kier alpha value is -1.20. The Morgan fingerprint density at radius 2 is 2.35 bits per heavy atom. The van der Waals surface area contributed by atoms with Crippen molar-refractivity contribution in [3.8, 4) is 0 Å². The summed E-state index contributed by atoms with van der Waals surface area (Å²) in [6.07, 6.45) is 2.75. The molecule has 0 saturated heterocycles. The first-order valence-corrected chi connectivity index (χ1v) is 6.11. The quantitative estimate of drug-likeness (QED) is 0.834. The van der Waals surface area contributed by atoms with Gasteiger partial charge < -0.3 is 15.4 Å². The smallest absolute Gasteiger partial charge is 0.225 e. The predicted octanol–water partition coefficient (Wildman–Crippen LogP) is 0.723. The molecule has 5 nitrogen and oxygen atoms in total. The third-order valence-corrected chi connectivity index (χ3v) is 2.93. The van der Waals surface area contributed by atoms with Gasteiger partial charge in [0.05, 0.1) is 18.9 Å². The Balaban J connectivity index is 2.25. The van der Waals surface area contributed by atoms with Crippen molar-refractivity contribution in [2.75, 3.05) is 24.6 Å². The van der Waals surface area contributed by atoms with Crippen molar-refractivity contribution in [2.45, 2.75) is 32.9 Å². The monoisotopic (exact) mass is 236 g/mol. The van der Waals surface area contributed by atoms with Crippen LogP contribution in [0.2, 0.25) is 0 Å². The van der Waals surface area contributed by atoms with Gasteiger partial charge in [0.2, 0.25) is 5.95 Å². The van der Waals surface area contributed by atoms with E-state index >= 15 is 0 Å². The van der Waals surface area contributed by atoms with Crippen molar-refractivity contribution in [3.05, 3.63) is 17.5 Å². The summed E-state index contributed by atoms with van der Waals surface area (Å²) >= 11 is 0. The predicted molar refractivity (Wildman–Crippen MR) is 66.9 cm³/mol. The summed E-state index contributed by atoms with van der Waals surface area (Å²) in [6, 6.07) is 0.358. The van der Waals surface area contributed by atoms with E-state index in [1.807, 2.05) is 6.20 Å². The van der Waals surface area contributed by atoms with Gasteiger partial charge in [0.15, 0.2) is 0 Å². The van der Waals surface area contributed by atoms with E-state index in [2.05, 4.69) is 28.7 Å². The number of hydrogen-bond donors (Lipinski definition) is 1. The SMILES string of the molecule is CC(C)N(CCN)c1ncc2c(n1)CCOC2. The maximum atomic E-state index is 5.63. The van der Waals surface area contributed by atoms with Crippen LogP contribution in [0.4, 0.5) is 5.95 Å². The van der Waals surface area contributed by atoms with Gasteiger partial charge in [-0.2, -0.15) is 0 Å². The van der Waals surface area contributed by atoms with Gasteiger partial charge in [0, 0.05) is 37.3 Å². The molecule has 0 spiro atoms. The van der Waals surface area contributed by atoms with E-state index in [-0.39, 0.29) is 0 Å². The highest BCUT2D eigenvalue weighted by molar-refractivity contribution is 5.34. The van der Waals surface area contributed by atoms with E-state index in [1.54, 1.807) is 0 Å². The van der Waals surface area contributed by atoms with Crippen LogP contribution in [0.25, 0.3) is 0 Å². The molecule has 2 N–H and O–H groups in total. The average molecular weight is 236 g/mol. The zero-order chi connectivity index (χ0) is 12.3. The molecule has 0 atom stereocenters. The fraction of sp³-hybridized carbons (Fsp3) is 0.667. The maximum absolute atomic E-state index is 5.63. The van der Waals surface area contributed by atoms with Crippen LogP contribution in [0.5, 0.6) is 0 Å². The lowest BCUT2D eigenvalue weighted by Crippen LogP contribution is -2.37. The first-order chi connectivity index (χ1) is 8.22. The number of nitrogens with two attached hydrogens (primary N) is 1. The molecular weight excluding hydrogens is 216 g/mol. The van der Waals surface area contributed by atoms with Gasteiger partial charge in [0.25, 0.3) is 0 Å². The molecule has 1 aromatic rings. The average Bonchev–Trinajstić information content (AvgIpc) is 2.35. The molecule has 0 fully saturated rings. The minimum atomic E-state index is 0.358. The summed E-state index contributed by atoms with van der Waals surface area (Å²) in [7, 11) is 0. The third-order valence-electron chi connectivity index (χ3n) is 2.93. The molecule has 0 saturated carbocycles. The first kappa shape index (κ1) is 12.3. The summed E-state index contributed by atoms with van der Waals surface area (Å²) in [4.78, 5) is 11.2. The minimum Gasteiger partial charge on any atom is -0.376 e. The van der Waals surface area contributed by atoms with Crippen molar-refractivity contribution in [1.29, 1.82) is 0 Å². The highest BCUT2D eigenvalue weighted by Gasteiger charge is 2.17. The van der Waals surface area contributed by atoms with Crippen LogP contribution in [-0.2, 0) is 17.8 Å². The van der Waals surface area contributed by atoms with E-state index in [1.165, 1.54) is 0 Å². The molecule has 1 aliphatic rings. The van der Waals surface area contributed by atoms with Crippen LogP contribution < -0.4 is 10.6 Å². The molecule has 1 aromatic heterocycles. The van der Waals surface area contributed by atoms with E-state index in [0.717, 1.165) is 36.8 Å². The zero-order valence-electron chi connectivity index (χ0n) is 10.5. The molecule has 94 valence electrons. The van der Waals surface area contributed by atoms with Gasteiger partial charge in [-0.05, 0) is 13.8 Å². The number of anilines is 1. The van der Waals surface area contributed by atoms with Crippen molar-refractivity contribution < 1.29 is 4.74 Å². The van der Waals surface area contributed by atoms with Gasteiger partial charge in [-0.25, -0.2) is 9.97 Å². The van der Waals surface area contributed by atoms with Crippen LogP contribution in [-0.4, -0.2) is 35.7 Å². The van der Waals surface area contributed by atoms with Gasteiger partial charge in [-0.3, -0.25) is 0 Å². The fourth-order valence-electron chi connectivity index (χ4n) is 1.99. The van der Waals surface area contributed by atoms with E-state index in [4.69, 9.17) is 10.5 Å². The lowest BCUT2D eigenvalue weighted by Gasteiger charge is -2.27.